The lowest BCUT2D eigenvalue weighted by Crippen LogP contribution is -2.28. The van der Waals surface area contributed by atoms with Crippen molar-refractivity contribution in [1.29, 1.82) is 0 Å². The van der Waals surface area contributed by atoms with Gasteiger partial charge in [0, 0.05) is 53.2 Å². The standard InChI is InChI=1S/C35H44N3/c1-7-9-22-37-29-21-19-26(36)24-28(29)34(3,4)31(37)16-13-17-32-35(5,6)33-27-15-12-11-14-25(27)18-20-30(33)38(32)23-10-8-2/h11-21,24H,7-10,22-23,36H2,1-6H3/q+1. The molecule has 2 N–H and O–H groups in total. The SMILES string of the molecule is CCCCN1C(=CC=CC2=[N+](CCCC)c3ccc4ccccc4c3C2(C)C)C(C)(C)c2cc(N)ccc21. The second-order valence-corrected chi connectivity index (χ2v) is 12.0. The fourth-order valence-electron chi connectivity index (χ4n) is 6.57. The van der Waals surface area contributed by atoms with Gasteiger partial charge in [-0.2, -0.15) is 4.58 Å². The van der Waals surface area contributed by atoms with E-state index in [0.29, 0.717) is 0 Å². The second kappa shape index (κ2) is 10.1. The van der Waals surface area contributed by atoms with Gasteiger partial charge in [-0.25, -0.2) is 0 Å². The Morgan fingerprint density at radius 1 is 0.895 bits per heavy atom. The van der Waals surface area contributed by atoms with Crippen LogP contribution in [0.4, 0.5) is 17.1 Å². The third-order valence-corrected chi connectivity index (χ3v) is 8.65. The Bertz CT molecular complexity index is 1450. The van der Waals surface area contributed by atoms with E-state index >= 15 is 0 Å². The van der Waals surface area contributed by atoms with Crippen LogP contribution < -0.4 is 10.6 Å². The third-order valence-electron chi connectivity index (χ3n) is 8.65. The Kier molecular flexibility index (Phi) is 6.98. The van der Waals surface area contributed by atoms with Crippen molar-refractivity contribution in [3.63, 3.8) is 0 Å². The van der Waals surface area contributed by atoms with Crippen LogP contribution in [0.1, 0.15) is 78.4 Å². The number of allylic oxidation sites excluding steroid dienone is 4. The van der Waals surface area contributed by atoms with Gasteiger partial charge in [-0.05, 0) is 66.9 Å². The van der Waals surface area contributed by atoms with E-state index in [9.17, 15) is 0 Å². The van der Waals surface area contributed by atoms with E-state index in [4.69, 9.17) is 5.73 Å². The number of nitrogens with two attached hydrogens (primary N) is 1. The minimum Gasteiger partial charge on any atom is -0.399 e. The molecule has 2 heterocycles. The van der Waals surface area contributed by atoms with Crippen LogP contribution in [0.15, 0.2) is 78.5 Å². The highest BCUT2D eigenvalue weighted by Gasteiger charge is 2.45. The molecule has 3 aromatic rings. The Balaban J connectivity index is 1.59. The Labute approximate surface area is 229 Å². The number of rotatable bonds is 8. The Hall–Kier alpha value is -3.33. The Morgan fingerprint density at radius 3 is 2.42 bits per heavy atom. The van der Waals surface area contributed by atoms with Crippen LogP contribution in [-0.4, -0.2) is 23.4 Å². The Morgan fingerprint density at radius 2 is 1.66 bits per heavy atom. The molecule has 0 atom stereocenters. The van der Waals surface area contributed by atoms with Crippen molar-refractivity contribution in [3.8, 4) is 0 Å². The molecule has 2 aliphatic rings. The number of hydrogen-bond acceptors (Lipinski definition) is 2. The number of benzene rings is 3. The smallest absolute Gasteiger partial charge is 0.210 e. The lowest BCUT2D eigenvalue weighted by molar-refractivity contribution is -0.438. The number of nitrogens with zero attached hydrogens (tertiary/aromatic N) is 2. The van der Waals surface area contributed by atoms with Crippen LogP contribution in [0, 0.1) is 0 Å². The molecular weight excluding hydrogens is 462 g/mol. The molecule has 0 aromatic heterocycles. The van der Waals surface area contributed by atoms with Crippen LogP contribution in [0.25, 0.3) is 10.8 Å². The van der Waals surface area contributed by atoms with Gasteiger partial charge in [-0.15, -0.1) is 0 Å². The molecule has 0 saturated carbocycles. The van der Waals surface area contributed by atoms with E-state index in [0.717, 1.165) is 18.8 Å². The molecule has 0 saturated heterocycles. The topological polar surface area (TPSA) is 32.3 Å². The number of anilines is 2. The molecule has 5 rings (SSSR count). The van der Waals surface area contributed by atoms with Crippen LogP contribution in [0.2, 0.25) is 0 Å². The quantitative estimate of drug-likeness (QED) is 0.245. The van der Waals surface area contributed by atoms with Crippen LogP contribution in [0.5, 0.6) is 0 Å². The summed E-state index contributed by atoms with van der Waals surface area (Å²) in [4.78, 5) is 2.52. The molecule has 0 fully saturated rings. The molecule has 0 aliphatic carbocycles. The number of unbranched alkanes of at least 4 members (excludes halogenated alkanes) is 2. The van der Waals surface area contributed by atoms with Crippen molar-refractivity contribution in [1.82, 2.24) is 0 Å². The molecule has 0 spiro atoms. The molecule has 3 aromatic carbocycles. The zero-order valence-electron chi connectivity index (χ0n) is 24.1. The highest BCUT2D eigenvalue weighted by molar-refractivity contribution is 6.07. The van der Waals surface area contributed by atoms with E-state index < -0.39 is 0 Å². The van der Waals surface area contributed by atoms with E-state index in [-0.39, 0.29) is 10.8 Å². The van der Waals surface area contributed by atoms with Crippen LogP contribution in [-0.2, 0) is 10.8 Å². The van der Waals surface area contributed by atoms with Crippen molar-refractivity contribution < 1.29 is 4.58 Å². The number of hydrogen-bond donors (Lipinski definition) is 1. The summed E-state index contributed by atoms with van der Waals surface area (Å²) in [5.74, 6) is 0. The van der Waals surface area contributed by atoms with Crippen LogP contribution >= 0.6 is 0 Å². The summed E-state index contributed by atoms with van der Waals surface area (Å²) in [6.45, 7) is 16.1. The molecule has 2 aliphatic heterocycles. The largest absolute Gasteiger partial charge is 0.399 e. The molecule has 38 heavy (non-hydrogen) atoms. The van der Waals surface area contributed by atoms with E-state index in [1.165, 1.54) is 70.4 Å². The summed E-state index contributed by atoms with van der Waals surface area (Å²) in [6.07, 6.45) is 11.7. The summed E-state index contributed by atoms with van der Waals surface area (Å²) < 4.78 is 2.57. The maximum absolute atomic E-state index is 6.23. The zero-order valence-corrected chi connectivity index (χ0v) is 24.1. The first-order valence-corrected chi connectivity index (χ1v) is 14.4. The zero-order chi connectivity index (χ0) is 27.1. The van der Waals surface area contributed by atoms with Gasteiger partial charge in [0.05, 0.1) is 5.41 Å². The fourth-order valence-corrected chi connectivity index (χ4v) is 6.57. The van der Waals surface area contributed by atoms with Crippen molar-refractivity contribution in [2.75, 3.05) is 23.7 Å². The van der Waals surface area contributed by atoms with E-state index in [2.05, 4.69) is 118 Å². The predicted octanol–water partition coefficient (Wildman–Crippen LogP) is 8.64. The predicted molar refractivity (Wildman–Crippen MR) is 165 cm³/mol. The first-order valence-electron chi connectivity index (χ1n) is 14.4. The number of nitrogen functional groups attached to an aromatic ring is 1. The van der Waals surface area contributed by atoms with E-state index in [1.54, 1.807) is 0 Å². The lowest BCUT2D eigenvalue weighted by Gasteiger charge is -2.27. The molecule has 0 radical (unpaired) electrons. The maximum atomic E-state index is 6.23. The van der Waals surface area contributed by atoms with Crippen molar-refractivity contribution >= 4 is 33.5 Å². The molecule has 3 heteroatoms. The highest BCUT2D eigenvalue weighted by Crippen LogP contribution is 2.49. The van der Waals surface area contributed by atoms with Gasteiger partial charge in [0.2, 0.25) is 5.69 Å². The summed E-state index contributed by atoms with van der Waals surface area (Å²) in [7, 11) is 0. The van der Waals surface area contributed by atoms with Gasteiger partial charge >= 0.3 is 0 Å². The normalized spacial score (nSPS) is 18.7. The molecule has 0 bridgehead atoms. The summed E-state index contributed by atoms with van der Waals surface area (Å²) >= 11 is 0. The van der Waals surface area contributed by atoms with Gasteiger partial charge < -0.3 is 10.6 Å². The molecule has 0 amide bonds. The van der Waals surface area contributed by atoms with Crippen molar-refractivity contribution in [3.05, 3.63) is 89.6 Å². The molecule has 0 unspecified atom stereocenters. The minimum absolute atomic E-state index is 0.0799. The van der Waals surface area contributed by atoms with Gasteiger partial charge in [0.15, 0.2) is 5.71 Å². The lowest BCUT2D eigenvalue weighted by atomic mass is 9.79. The first kappa shape index (κ1) is 26.3. The monoisotopic (exact) mass is 506 g/mol. The first-order chi connectivity index (χ1) is 18.2. The second-order valence-electron chi connectivity index (χ2n) is 12.0. The maximum Gasteiger partial charge on any atom is 0.210 e. The average Bonchev–Trinajstić information content (AvgIpc) is 3.24. The molecule has 3 nitrogen and oxygen atoms in total. The van der Waals surface area contributed by atoms with Crippen LogP contribution in [0.3, 0.4) is 0 Å². The number of fused-ring (bicyclic) bond motifs is 4. The third kappa shape index (κ3) is 4.26. The summed E-state index contributed by atoms with van der Waals surface area (Å²) in [5, 5.41) is 2.69. The van der Waals surface area contributed by atoms with Gasteiger partial charge in [0.1, 0.15) is 6.54 Å². The van der Waals surface area contributed by atoms with E-state index in [1.807, 2.05) is 6.07 Å². The van der Waals surface area contributed by atoms with Gasteiger partial charge in [0.25, 0.3) is 0 Å². The van der Waals surface area contributed by atoms with Crippen molar-refractivity contribution in [2.24, 2.45) is 0 Å². The molecule has 198 valence electrons. The minimum atomic E-state index is -0.0975. The summed E-state index contributed by atoms with van der Waals surface area (Å²) in [6, 6.07) is 19.9. The fraction of sp³-hybridized carbons (Fsp3) is 0.400. The van der Waals surface area contributed by atoms with Gasteiger partial charge in [-0.3, -0.25) is 0 Å². The summed E-state index contributed by atoms with van der Waals surface area (Å²) in [5.41, 5.74) is 15.1. The van der Waals surface area contributed by atoms with Gasteiger partial charge in [-0.1, -0.05) is 70.9 Å². The molecular formula is C35H44N3+. The van der Waals surface area contributed by atoms with Crippen molar-refractivity contribution in [2.45, 2.75) is 78.1 Å². The average molecular weight is 507 g/mol. The highest BCUT2D eigenvalue weighted by atomic mass is 15.2.